The summed E-state index contributed by atoms with van der Waals surface area (Å²) in [4.78, 5) is 21.0. The first kappa shape index (κ1) is 12.6. The third-order valence-corrected chi connectivity index (χ3v) is 2.49. The number of rotatable bonds is 4. The zero-order chi connectivity index (χ0) is 14.0. The van der Waals surface area contributed by atoms with E-state index in [0.29, 0.717) is 11.4 Å². The van der Waals surface area contributed by atoms with Crippen LogP contribution in [0.2, 0.25) is 0 Å². The molecule has 0 fully saturated rings. The maximum absolute atomic E-state index is 10.9. The smallest absolute Gasteiger partial charge is 0.335 e. The molecule has 1 heterocycles. The average Bonchev–Trinajstić information content (AvgIpc) is 2.71. The van der Waals surface area contributed by atoms with E-state index < -0.39 is 10.9 Å². The maximum Gasteiger partial charge on any atom is 0.335 e. The molecule has 0 saturated heterocycles. The standard InChI is InChI=1S/C11H10N4O4/c1-6-9(15(18)19)10(14-13-6)12-8-4-2-7(3-5-8)11(16)17/h2-5H,1H3,(H,16,17)(H2,12,13,14). The van der Waals surface area contributed by atoms with E-state index in [1.54, 1.807) is 6.92 Å². The first-order valence-electron chi connectivity index (χ1n) is 5.29. The SMILES string of the molecule is Cc1[nH]nc(Nc2ccc(C(=O)O)cc2)c1[N+](=O)[O-]. The fraction of sp³-hybridized carbons (Fsp3) is 0.0909. The summed E-state index contributed by atoms with van der Waals surface area (Å²) in [6.45, 7) is 1.55. The van der Waals surface area contributed by atoms with Crippen LogP contribution in [0.3, 0.4) is 0 Å². The van der Waals surface area contributed by atoms with Gasteiger partial charge in [0.25, 0.3) is 0 Å². The van der Waals surface area contributed by atoms with E-state index >= 15 is 0 Å². The van der Waals surface area contributed by atoms with Gasteiger partial charge in [0.1, 0.15) is 5.69 Å². The highest BCUT2D eigenvalue weighted by atomic mass is 16.6. The van der Waals surface area contributed by atoms with E-state index in [0.717, 1.165) is 0 Å². The van der Waals surface area contributed by atoms with Gasteiger partial charge in [-0.2, -0.15) is 0 Å². The zero-order valence-corrected chi connectivity index (χ0v) is 9.88. The van der Waals surface area contributed by atoms with Gasteiger partial charge in [0.05, 0.1) is 10.5 Å². The van der Waals surface area contributed by atoms with E-state index in [9.17, 15) is 14.9 Å². The number of nitro groups is 1. The second kappa shape index (κ2) is 4.77. The van der Waals surface area contributed by atoms with Crippen LogP contribution in [0.1, 0.15) is 16.1 Å². The minimum atomic E-state index is -1.03. The molecule has 0 aliphatic carbocycles. The molecule has 0 amide bonds. The lowest BCUT2D eigenvalue weighted by atomic mass is 10.2. The molecule has 0 bridgehead atoms. The molecule has 0 saturated carbocycles. The number of carbonyl (C=O) groups is 1. The highest BCUT2D eigenvalue weighted by molar-refractivity contribution is 5.88. The van der Waals surface area contributed by atoms with Crippen LogP contribution >= 0.6 is 0 Å². The summed E-state index contributed by atoms with van der Waals surface area (Å²) in [6, 6.07) is 5.82. The van der Waals surface area contributed by atoms with Crippen LogP contribution in [0.15, 0.2) is 24.3 Å². The minimum absolute atomic E-state index is 0.0885. The molecule has 0 unspecified atom stereocenters. The van der Waals surface area contributed by atoms with Crippen LogP contribution in [-0.4, -0.2) is 26.2 Å². The third-order valence-electron chi connectivity index (χ3n) is 2.49. The van der Waals surface area contributed by atoms with Gasteiger partial charge in [-0.15, -0.1) is 5.10 Å². The predicted molar refractivity (Wildman–Crippen MR) is 66.7 cm³/mol. The van der Waals surface area contributed by atoms with Crippen molar-refractivity contribution in [1.29, 1.82) is 0 Å². The molecule has 8 heteroatoms. The van der Waals surface area contributed by atoms with Crippen molar-refractivity contribution in [3.05, 3.63) is 45.6 Å². The first-order valence-corrected chi connectivity index (χ1v) is 5.29. The number of aromatic nitrogens is 2. The van der Waals surface area contributed by atoms with Crippen molar-refractivity contribution in [2.24, 2.45) is 0 Å². The van der Waals surface area contributed by atoms with E-state index in [-0.39, 0.29) is 17.1 Å². The Morgan fingerprint density at radius 1 is 1.42 bits per heavy atom. The number of hydrogen-bond acceptors (Lipinski definition) is 5. The number of carboxylic acids is 1. The van der Waals surface area contributed by atoms with Crippen LogP contribution in [0.25, 0.3) is 0 Å². The summed E-state index contributed by atoms with van der Waals surface area (Å²) in [5.74, 6) is -0.946. The summed E-state index contributed by atoms with van der Waals surface area (Å²) in [5.41, 5.74) is 0.856. The van der Waals surface area contributed by atoms with Gasteiger partial charge < -0.3 is 10.4 Å². The van der Waals surface area contributed by atoms with Gasteiger partial charge in [0.2, 0.25) is 5.82 Å². The number of aromatic amines is 1. The molecule has 2 aromatic rings. The number of anilines is 2. The number of aromatic carboxylic acids is 1. The van der Waals surface area contributed by atoms with Crippen molar-refractivity contribution >= 4 is 23.2 Å². The Hall–Kier alpha value is -2.90. The van der Waals surface area contributed by atoms with Crippen LogP contribution < -0.4 is 5.32 Å². The number of carboxylic acid groups (broad SMARTS) is 1. The molecule has 0 atom stereocenters. The van der Waals surface area contributed by atoms with Crippen molar-refractivity contribution in [1.82, 2.24) is 10.2 Å². The van der Waals surface area contributed by atoms with Crippen molar-refractivity contribution in [3.8, 4) is 0 Å². The molecule has 2 rings (SSSR count). The molecule has 1 aromatic heterocycles. The lowest BCUT2D eigenvalue weighted by Gasteiger charge is -2.03. The Balaban J connectivity index is 2.26. The molecule has 98 valence electrons. The number of hydrogen-bond donors (Lipinski definition) is 3. The van der Waals surface area contributed by atoms with Crippen molar-refractivity contribution < 1.29 is 14.8 Å². The molecule has 0 aliphatic heterocycles. The number of aryl methyl sites for hydroxylation is 1. The van der Waals surface area contributed by atoms with E-state index in [1.807, 2.05) is 0 Å². The Morgan fingerprint density at radius 2 is 2.05 bits per heavy atom. The summed E-state index contributed by atoms with van der Waals surface area (Å²) in [7, 11) is 0. The molecular formula is C11H10N4O4. The normalized spacial score (nSPS) is 10.2. The van der Waals surface area contributed by atoms with Gasteiger partial charge in [-0.05, 0) is 31.2 Å². The molecule has 19 heavy (non-hydrogen) atoms. The van der Waals surface area contributed by atoms with Crippen LogP contribution in [0.5, 0.6) is 0 Å². The molecule has 8 nitrogen and oxygen atoms in total. The average molecular weight is 262 g/mol. The maximum atomic E-state index is 10.9. The van der Waals surface area contributed by atoms with Gasteiger partial charge in [0.15, 0.2) is 0 Å². The van der Waals surface area contributed by atoms with E-state index in [1.165, 1.54) is 24.3 Å². The largest absolute Gasteiger partial charge is 0.478 e. The number of nitrogens with one attached hydrogen (secondary N) is 2. The second-order valence-corrected chi connectivity index (χ2v) is 3.81. The summed E-state index contributed by atoms with van der Waals surface area (Å²) in [5, 5.41) is 28.7. The molecule has 0 spiro atoms. The summed E-state index contributed by atoms with van der Waals surface area (Å²) < 4.78 is 0. The van der Waals surface area contributed by atoms with Crippen molar-refractivity contribution in [2.75, 3.05) is 5.32 Å². The molecular weight excluding hydrogens is 252 g/mol. The predicted octanol–water partition coefficient (Wildman–Crippen LogP) is 2.07. The second-order valence-electron chi connectivity index (χ2n) is 3.81. The Labute approximate surface area is 107 Å². The topological polar surface area (TPSA) is 121 Å². The van der Waals surface area contributed by atoms with Gasteiger partial charge in [-0.25, -0.2) is 4.79 Å². The Kier molecular flexibility index (Phi) is 3.15. The lowest BCUT2D eigenvalue weighted by Crippen LogP contribution is -1.98. The minimum Gasteiger partial charge on any atom is -0.478 e. The molecule has 0 radical (unpaired) electrons. The highest BCUT2D eigenvalue weighted by Gasteiger charge is 2.21. The van der Waals surface area contributed by atoms with Crippen molar-refractivity contribution in [3.63, 3.8) is 0 Å². The van der Waals surface area contributed by atoms with Gasteiger partial charge >= 0.3 is 11.7 Å². The highest BCUT2D eigenvalue weighted by Crippen LogP contribution is 2.27. The van der Waals surface area contributed by atoms with Crippen LogP contribution in [0, 0.1) is 17.0 Å². The lowest BCUT2D eigenvalue weighted by molar-refractivity contribution is -0.384. The van der Waals surface area contributed by atoms with E-state index in [2.05, 4.69) is 15.5 Å². The van der Waals surface area contributed by atoms with E-state index in [4.69, 9.17) is 5.11 Å². The molecule has 0 aliphatic rings. The Bertz CT molecular complexity index is 633. The van der Waals surface area contributed by atoms with Gasteiger partial charge in [0, 0.05) is 5.69 Å². The number of benzene rings is 1. The van der Waals surface area contributed by atoms with Crippen LogP contribution in [-0.2, 0) is 0 Å². The third kappa shape index (κ3) is 2.51. The number of nitrogens with zero attached hydrogens (tertiary/aromatic N) is 2. The zero-order valence-electron chi connectivity index (χ0n) is 9.88. The molecule has 3 N–H and O–H groups in total. The molecule has 1 aromatic carbocycles. The quantitative estimate of drug-likeness (QED) is 0.572. The summed E-state index contributed by atoms with van der Waals surface area (Å²) in [6.07, 6.45) is 0. The van der Waals surface area contributed by atoms with Crippen molar-refractivity contribution in [2.45, 2.75) is 6.92 Å². The van der Waals surface area contributed by atoms with Crippen LogP contribution in [0.4, 0.5) is 17.2 Å². The van der Waals surface area contributed by atoms with Gasteiger partial charge in [-0.1, -0.05) is 0 Å². The fourth-order valence-corrected chi connectivity index (χ4v) is 1.57. The summed E-state index contributed by atoms with van der Waals surface area (Å²) >= 11 is 0. The monoisotopic (exact) mass is 262 g/mol. The number of H-pyrrole nitrogens is 1. The van der Waals surface area contributed by atoms with Gasteiger partial charge in [-0.3, -0.25) is 15.2 Å². The Morgan fingerprint density at radius 3 is 2.58 bits per heavy atom. The first-order chi connectivity index (χ1) is 8.99. The fourth-order valence-electron chi connectivity index (χ4n) is 1.57.